The van der Waals surface area contributed by atoms with Crippen LogP contribution in [0, 0.1) is 5.92 Å². The van der Waals surface area contributed by atoms with Gasteiger partial charge in [0.15, 0.2) is 0 Å². The highest BCUT2D eigenvalue weighted by Crippen LogP contribution is 2.25. The van der Waals surface area contributed by atoms with Crippen LogP contribution >= 0.6 is 0 Å². The first-order valence-corrected chi connectivity index (χ1v) is 7.91. The highest BCUT2D eigenvalue weighted by molar-refractivity contribution is 7.89. The maximum absolute atomic E-state index is 12.5. The fraction of sp³-hybridized carbons (Fsp3) is 0.462. The number of hydrogen-bond donors (Lipinski definition) is 2. The topological polar surface area (TPSA) is 106 Å². The van der Waals surface area contributed by atoms with Gasteiger partial charge >= 0.3 is 0 Å². The van der Waals surface area contributed by atoms with Gasteiger partial charge in [0.05, 0.1) is 10.8 Å². The monoisotopic (exact) mass is 297 g/mol. The summed E-state index contributed by atoms with van der Waals surface area (Å²) in [5.41, 5.74) is 11.8. The molecule has 1 aliphatic rings. The molecule has 6 nitrogen and oxygen atoms in total. The van der Waals surface area contributed by atoms with Gasteiger partial charge in [-0.25, -0.2) is 8.42 Å². The Bertz CT molecular complexity index is 613. The van der Waals surface area contributed by atoms with Crippen LogP contribution in [0.2, 0.25) is 0 Å². The first-order chi connectivity index (χ1) is 9.32. The summed E-state index contributed by atoms with van der Waals surface area (Å²) in [5.74, 6) is -0.853. The average molecular weight is 297 g/mol. The van der Waals surface area contributed by atoms with Crippen LogP contribution in [-0.4, -0.2) is 31.7 Å². The molecule has 1 aromatic carbocycles. The van der Waals surface area contributed by atoms with E-state index in [4.69, 9.17) is 11.5 Å². The molecule has 0 spiro atoms. The van der Waals surface area contributed by atoms with Gasteiger partial charge in [-0.05, 0) is 31.0 Å². The zero-order valence-corrected chi connectivity index (χ0v) is 12.1. The third kappa shape index (κ3) is 2.84. The molecule has 1 aliphatic heterocycles. The van der Waals surface area contributed by atoms with Crippen LogP contribution in [0.5, 0.6) is 0 Å². The van der Waals surface area contributed by atoms with Crippen molar-refractivity contribution in [2.75, 3.05) is 13.1 Å². The Kier molecular flexibility index (Phi) is 4.12. The number of nitrogens with two attached hydrogens (primary N) is 2. The van der Waals surface area contributed by atoms with Gasteiger partial charge in [0.1, 0.15) is 0 Å². The van der Waals surface area contributed by atoms with Gasteiger partial charge in [-0.3, -0.25) is 4.79 Å². The molecule has 0 bridgehead atoms. The van der Waals surface area contributed by atoms with Gasteiger partial charge in [0.25, 0.3) is 0 Å². The predicted molar refractivity (Wildman–Crippen MR) is 75.1 cm³/mol. The van der Waals surface area contributed by atoms with Crippen molar-refractivity contribution in [3.8, 4) is 0 Å². The second-order valence-corrected chi connectivity index (χ2v) is 7.05. The number of sulfonamides is 1. The number of carbonyl (C=O) groups is 1. The zero-order valence-electron chi connectivity index (χ0n) is 11.3. The van der Waals surface area contributed by atoms with Crippen LogP contribution in [0.4, 0.5) is 0 Å². The molecule has 0 saturated carbocycles. The fourth-order valence-corrected chi connectivity index (χ4v) is 3.84. The molecule has 1 fully saturated rings. The molecule has 2 unspecified atom stereocenters. The fourth-order valence-electron chi connectivity index (χ4n) is 2.29. The molecule has 1 saturated heterocycles. The van der Waals surface area contributed by atoms with E-state index in [2.05, 4.69) is 0 Å². The van der Waals surface area contributed by atoms with Crippen molar-refractivity contribution in [1.82, 2.24) is 4.31 Å². The van der Waals surface area contributed by atoms with Crippen molar-refractivity contribution < 1.29 is 13.2 Å². The summed E-state index contributed by atoms with van der Waals surface area (Å²) in [5, 5.41) is 0. The Morgan fingerprint density at radius 1 is 1.45 bits per heavy atom. The second kappa shape index (κ2) is 5.51. The molecule has 4 N–H and O–H groups in total. The number of nitrogens with zero attached hydrogens (tertiary/aromatic N) is 1. The number of hydrogen-bond acceptors (Lipinski definition) is 4. The Morgan fingerprint density at radius 3 is 2.70 bits per heavy atom. The largest absolute Gasteiger partial charge is 0.369 e. The van der Waals surface area contributed by atoms with E-state index in [9.17, 15) is 13.2 Å². The summed E-state index contributed by atoms with van der Waals surface area (Å²) >= 11 is 0. The molecule has 7 heteroatoms. The SMILES string of the molecule is CC(N)c1cccc(S(=O)(=O)N2CCC(C(N)=O)C2)c1. The molecule has 0 aliphatic carbocycles. The predicted octanol–water partition coefficient (Wildman–Crippen LogP) is 0.202. The van der Waals surface area contributed by atoms with Gasteiger partial charge in [-0.1, -0.05) is 12.1 Å². The molecule has 1 aromatic rings. The summed E-state index contributed by atoms with van der Waals surface area (Å²) in [4.78, 5) is 11.3. The molecular weight excluding hydrogens is 278 g/mol. The molecule has 1 amide bonds. The van der Waals surface area contributed by atoms with E-state index in [-0.39, 0.29) is 17.5 Å². The number of rotatable bonds is 4. The van der Waals surface area contributed by atoms with E-state index >= 15 is 0 Å². The highest BCUT2D eigenvalue weighted by atomic mass is 32.2. The number of amides is 1. The van der Waals surface area contributed by atoms with Crippen LogP contribution in [0.3, 0.4) is 0 Å². The first-order valence-electron chi connectivity index (χ1n) is 6.47. The van der Waals surface area contributed by atoms with Crippen molar-refractivity contribution in [3.63, 3.8) is 0 Å². The van der Waals surface area contributed by atoms with Crippen LogP contribution in [0.1, 0.15) is 24.9 Å². The Balaban J connectivity index is 2.27. The van der Waals surface area contributed by atoms with Gasteiger partial charge < -0.3 is 11.5 Å². The molecule has 2 rings (SSSR count). The number of benzene rings is 1. The normalized spacial score (nSPS) is 21.8. The number of primary amides is 1. The minimum absolute atomic E-state index is 0.153. The molecule has 1 heterocycles. The Morgan fingerprint density at radius 2 is 2.15 bits per heavy atom. The summed E-state index contributed by atoms with van der Waals surface area (Å²) in [6.07, 6.45) is 0.474. The van der Waals surface area contributed by atoms with Crippen molar-refractivity contribution in [2.45, 2.75) is 24.3 Å². The lowest BCUT2D eigenvalue weighted by Gasteiger charge is -2.17. The zero-order chi connectivity index (χ0) is 14.9. The quantitative estimate of drug-likeness (QED) is 0.828. The van der Waals surface area contributed by atoms with E-state index in [1.807, 2.05) is 0 Å². The van der Waals surface area contributed by atoms with Gasteiger partial charge in [0.2, 0.25) is 15.9 Å². The summed E-state index contributed by atoms with van der Waals surface area (Å²) in [6, 6.07) is 6.35. The van der Waals surface area contributed by atoms with E-state index < -0.39 is 21.8 Å². The second-order valence-electron chi connectivity index (χ2n) is 5.11. The summed E-state index contributed by atoms with van der Waals surface area (Å²) < 4.78 is 26.3. The Hall–Kier alpha value is -1.44. The molecule has 0 aromatic heterocycles. The molecule has 110 valence electrons. The molecule has 0 radical (unpaired) electrons. The van der Waals surface area contributed by atoms with Crippen molar-refractivity contribution >= 4 is 15.9 Å². The molecular formula is C13H19N3O3S. The maximum atomic E-state index is 12.5. The van der Waals surface area contributed by atoms with Gasteiger partial charge in [0, 0.05) is 19.1 Å². The minimum atomic E-state index is -3.59. The van der Waals surface area contributed by atoms with E-state index in [0.717, 1.165) is 5.56 Å². The lowest BCUT2D eigenvalue weighted by molar-refractivity contribution is -0.121. The molecule has 2 atom stereocenters. The lowest BCUT2D eigenvalue weighted by atomic mass is 10.1. The van der Waals surface area contributed by atoms with Crippen molar-refractivity contribution in [2.24, 2.45) is 17.4 Å². The third-order valence-electron chi connectivity index (χ3n) is 3.58. The van der Waals surface area contributed by atoms with Gasteiger partial charge in [-0.2, -0.15) is 4.31 Å². The van der Waals surface area contributed by atoms with Crippen LogP contribution < -0.4 is 11.5 Å². The van der Waals surface area contributed by atoms with Crippen molar-refractivity contribution in [1.29, 1.82) is 0 Å². The van der Waals surface area contributed by atoms with E-state index in [0.29, 0.717) is 13.0 Å². The first kappa shape index (κ1) is 15.0. The molecule has 20 heavy (non-hydrogen) atoms. The average Bonchev–Trinajstić information content (AvgIpc) is 2.89. The highest BCUT2D eigenvalue weighted by Gasteiger charge is 2.34. The van der Waals surface area contributed by atoms with Crippen LogP contribution in [0.15, 0.2) is 29.2 Å². The van der Waals surface area contributed by atoms with E-state index in [1.165, 1.54) is 4.31 Å². The maximum Gasteiger partial charge on any atom is 0.243 e. The number of carbonyl (C=O) groups excluding carboxylic acids is 1. The summed E-state index contributed by atoms with van der Waals surface area (Å²) in [6.45, 7) is 2.27. The Labute approximate surface area is 118 Å². The smallest absolute Gasteiger partial charge is 0.243 e. The van der Waals surface area contributed by atoms with Crippen LogP contribution in [-0.2, 0) is 14.8 Å². The lowest BCUT2D eigenvalue weighted by Crippen LogP contribution is -2.31. The van der Waals surface area contributed by atoms with E-state index in [1.54, 1.807) is 31.2 Å². The van der Waals surface area contributed by atoms with Gasteiger partial charge in [-0.15, -0.1) is 0 Å². The minimum Gasteiger partial charge on any atom is -0.369 e. The summed E-state index contributed by atoms with van der Waals surface area (Å²) in [7, 11) is -3.59. The third-order valence-corrected chi connectivity index (χ3v) is 5.44. The standard InChI is InChI=1S/C13H19N3O3S/c1-9(14)10-3-2-4-12(7-10)20(18,19)16-6-5-11(8-16)13(15)17/h2-4,7,9,11H,5-6,8,14H2,1H3,(H2,15,17). The van der Waals surface area contributed by atoms with Crippen LogP contribution in [0.25, 0.3) is 0 Å². The van der Waals surface area contributed by atoms with Crippen molar-refractivity contribution in [3.05, 3.63) is 29.8 Å².